The first kappa shape index (κ1) is 9.48. The molecule has 1 aliphatic heterocycles. The Balaban J connectivity index is 2.61. The topological polar surface area (TPSA) is 66.6 Å². The van der Waals surface area contributed by atoms with Crippen LogP contribution in [-0.4, -0.2) is 40.6 Å². The van der Waals surface area contributed by atoms with E-state index < -0.39 is 11.5 Å². The number of amides is 1. The van der Waals surface area contributed by atoms with Crippen LogP contribution in [0.15, 0.2) is 0 Å². The van der Waals surface area contributed by atoms with Gasteiger partial charge in [-0.25, -0.2) is 0 Å². The van der Waals surface area contributed by atoms with Crippen molar-refractivity contribution in [1.82, 2.24) is 4.90 Å². The van der Waals surface area contributed by atoms with Gasteiger partial charge in [-0.1, -0.05) is 0 Å². The van der Waals surface area contributed by atoms with Gasteiger partial charge in [-0.2, -0.15) is 0 Å². The lowest BCUT2D eigenvalue weighted by Crippen LogP contribution is -2.46. The summed E-state index contributed by atoms with van der Waals surface area (Å²) in [6.45, 7) is 5.19. The minimum absolute atomic E-state index is 0.360. The summed E-state index contributed by atoms with van der Waals surface area (Å²) in [5, 5.41) is 9.67. The van der Waals surface area contributed by atoms with Gasteiger partial charge in [0.25, 0.3) is 5.91 Å². The van der Waals surface area contributed by atoms with Crippen molar-refractivity contribution < 1.29 is 9.90 Å². The molecule has 1 unspecified atom stereocenters. The molecule has 12 heavy (non-hydrogen) atoms. The Bertz CT molecular complexity index is 193. The van der Waals surface area contributed by atoms with Crippen molar-refractivity contribution in [3.63, 3.8) is 0 Å². The van der Waals surface area contributed by atoms with Crippen LogP contribution in [0.3, 0.4) is 0 Å². The maximum absolute atomic E-state index is 10.8. The van der Waals surface area contributed by atoms with Crippen LogP contribution in [0, 0.1) is 0 Å². The molecular formula is C8H16N2O2. The average Bonchev–Trinajstić information content (AvgIpc) is 2.33. The van der Waals surface area contributed by atoms with Crippen LogP contribution in [-0.2, 0) is 4.79 Å². The predicted octanol–water partition coefficient (Wildman–Crippen LogP) is -0.683. The van der Waals surface area contributed by atoms with Crippen molar-refractivity contribution in [1.29, 1.82) is 0 Å². The van der Waals surface area contributed by atoms with Crippen molar-refractivity contribution >= 4 is 5.91 Å². The van der Waals surface area contributed by atoms with E-state index in [-0.39, 0.29) is 0 Å². The molecule has 0 aromatic rings. The number of carbonyl (C=O) groups excluding carboxylic acids is 1. The predicted molar refractivity (Wildman–Crippen MR) is 45.5 cm³/mol. The average molecular weight is 172 g/mol. The second-order valence-corrected chi connectivity index (χ2v) is 3.71. The van der Waals surface area contributed by atoms with Gasteiger partial charge in [-0.15, -0.1) is 0 Å². The molecule has 1 rings (SSSR count). The molecule has 70 valence electrons. The van der Waals surface area contributed by atoms with E-state index in [1.165, 1.54) is 0 Å². The van der Waals surface area contributed by atoms with Crippen LogP contribution < -0.4 is 5.73 Å². The summed E-state index contributed by atoms with van der Waals surface area (Å²) in [4.78, 5) is 12.9. The zero-order valence-electron chi connectivity index (χ0n) is 7.58. The van der Waals surface area contributed by atoms with E-state index in [9.17, 15) is 9.90 Å². The smallest absolute Gasteiger partial charge is 0.250 e. The van der Waals surface area contributed by atoms with E-state index >= 15 is 0 Å². The molecule has 1 atom stereocenters. The monoisotopic (exact) mass is 172 g/mol. The second kappa shape index (κ2) is 3.03. The fourth-order valence-corrected chi connectivity index (χ4v) is 1.46. The highest BCUT2D eigenvalue weighted by Crippen LogP contribution is 2.22. The lowest BCUT2D eigenvalue weighted by molar-refractivity contribution is -0.135. The summed E-state index contributed by atoms with van der Waals surface area (Å²) in [6, 6.07) is 0.360. The van der Waals surface area contributed by atoms with Gasteiger partial charge in [0.2, 0.25) is 0 Å². The molecule has 0 bridgehead atoms. The number of carbonyl (C=O) groups is 1. The van der Waals surface area contributed by atoms with E-state index in [0.29, 0.717) is 19.0 Å². The number of likely N-dealkylation sites (tertiary alicyclic amines) is 1. The third kappa shape index (κ3) is 1.59. The molecule has 0 radical (unpaired) electrons. The molecule has 4 heteroatoms. The van der Waals surface area contributed by atoms with Crippen molar-refractivity contribution in [2.75, 3.05) is 13.1 Å². The minimum atomic E-state index is -1.29. The molecule has 4 nitrogen and oxygen atoms in total. The van der Waals surface area contributed by atoms with Gasteiger partial charge in [0.15, 0.2) is 5.60 Å². The number of nitrogens with two attached hydrogens (primary N) is 1. The van der Waals surface area contributed by atoms with Crippen LogP contribution in [0.25, 0.3) is 0 Å². The summed E-state index contributed by atoms with van der Waals surface area (Å²) in [6.07, 6.45) is 0.459. The first-order valence-corrected chi connectivity index (χ1v) is 4.22. The maximum atomic E-state index is 10.8. The van der Waals surface area contributed by atoms with Crippen molar-refractivity contribution in [3.05, 3.63) is 0 Å². The molecule has 1 heterocycles. The number of hydrogen-bond donors (Lipinski definition) is 2. The molecule has 0 saturated carbocycles. The van der Waals surface area contributed by atoms with Gasteiger partial charge in [0.1, 0.15) is 0 Å². The summed E-state index contributed by atoms with van der Waals surface area (Å²) in [5.74, 6) is -0.606. The first-order valence-electron chi connectivity index (χ1n) is 4.22. The van der Waals surface area contributed by atoms with E-state index in [1.54, 1.807) is 0 Å². The van der Waals surface area contributed by atoms with Crippen molar-refractivity contribution in [3.8, 4) is 0 Å². The fraction of sp³-hybridized carbons (Fsp3) is 0.875. The number of nitrogens with zero attached hydrogens (tertiary/aromatic N) is 1. The number of primary amides is 1. The van der Waals surface area contributed by atoms with Gasteiger partial charge < -0.3 is 10.8 Å². The molecule has 1 saturated heterocycles. The van der Waals surface area contributed by atoms with Crippen LogP contribution in [0.5, 0.6) is 0 Å². The van der Waals surface area contributed by atoms with E-state index in [4.69, 9.17) is 5.73 Å². The van der Waals surface area contributed by atoms with Gasteiger partial charge in [-0.05, 0) is 20.3 Å². The summed E-state index contributed by atoms with van der Waals surface area (Å²) in [5.41, 5.74) is 3.79. The lowest BCUT2D eigenvalue weighted by atomic mass is 10.0. The normalized spacial score (nSPS) is 31.3. The Hall–Kier alpha value is -0.610. The third-order valence-electron chi connectivity index (χ3n) is 2.47. The molecular weight excluding hydrogens is 156 g/mol. The Morgan fingerprint density at radius 1 is 1.67 bits per heavy atom. The van der Waals surface area contributed by atoms with E-state index in [1.807, 2.05) is 18.7 Å². The van der Waals surface area contributed by atoms with Gasteiger partial charge in [0.05, 0.1) is 0 Å². The molecule has 0 aromatic heterocycles. The SMILES string of the molecule is CC(C)N1CCC(O)(C(N)=O)C1. The van der Waals surface area contributed by atoms with Gasteiger partial charge >= 0.3 is 0 Å². The highest BCUT2D eigenvalue weighted by Gasteiger charge is 2.41. The quantitative estimate of drug-likeness (QED) is 0.580. The Morgan fingerprint density at radius 3 is 2.50 bits per heavy atom. The van der Waals surface area contributed by atoms with Crippen molar-refractivity contribution in [2.24, 2.45) is 5.73 Å². The van der Waals surface area contributed by atoms with Gasteiger partial charge in [0, 0.05) is 19.1 Å². The van der Waals surface area contributed by atoms with Crippen molar-refractivity contribution in [2.45, 2.75) is 31.9 Å². The molecule has 1 aliphatic rings. The number of rotatable bonds is 2. The molecule has 0 spiro atoms. The summed E-state index contributed by atoms with van der Waals surface area (Å²) in [7, 11) is 0. The van der Waals surface area contributed by atoms with Crippen LogP contribution in [0.4, 0.5) is 0 Å². The fourth-order valence-electron chi connectivity index (χ4n) is 1.46. The standard InChI is InChI=1S/C8H16N2O2/c1-6(2)10-4-3-8(12,5-10)7(9)11/h6,12H,3-5H2,1-2H3,(H2,9,11). The van der Waals surface area contributed by atoms with Gasteiger partial charge in [-0.3, -0.25) is 9.69 Å². The number of hydrogen-bond acceptors (Lipinski definition) is 3. The molecule has 0 aliphatic carbocycles. The Morgan fingerprint density at radius 2 is 2.25 bits per heavy atom. The molecule has 0 aromatic carbocycles. The van der Waals surface area contributed by atoms with Crippen LogP contribution in [0.2, 0.25) is 0 Å². The highest BCUT2D eigenvalue weighted by atomic mass is 16.3. The zero-order valence-corrected chi connectivity index (χ0v) is 7.58. The Kier molecular flexibility index (Phi) is 2.39. The second-order valence-electron chi connectivity index (χ2n) is 3.71. The van der Waals surface area contributed by atoms with E-state index in [2.05, 4.69) is 0 Å². The largest absolute Gasteiger partial charge is 0.379 e. The first-order chi connectivity index (χ1) is 5.46. The van der Waals surface area contributed by atoms with Crippen LogP contribution >= 0.6 is 0 Å². The highest BCUT2D eigenvalue weighted by molar-refractivity contribution is 5.83. The number of β-amino-alcohol motifs (C(OH)–C–C–N with tert-alkyl or cyclic N) is 1. The molecule has 1 amide bonds. The maximum Gasteiger partial charge on any atom is 0.250 e. The molecule has 3 N–H and O–H groups in total. The number of aliphatic hydroxyl groups is 1. The Labute approximate surface area is 72.3 Å². The lowest BCUT2D eigenvalue weighted by Gasteiger charge is -2.22. The van der Waals surface area contributed by atoms with Crippen LogP contribution in [0.1, 0.15) is 20.3 Å². The third-order valence-corrected chi connectivity index (χ3v) is 2.47. The molecule has 1 fully saturated rings. The summed E-state index contributed by atoms with van der Waals surface area (Å²) >= 11 is 0. The summed E-state index contributed by atoms with van der Waals surface area (Å²) < 4.78 is 0. The minimum Gasteiger partial charge on any atom is -0.379 e. The zero-order chi connectivity index (χ0) is 9.35. The van der Waals surface area contributed by atoms with E-state index in [0.717, 1.165) is 6.54 Å².